The molecular weight excluding hydrogens is 171 g/mol. The molecule has 0 aliphatic rings. The van der Waals surface area contributed by atoms with Crippen molar-refractivity contribution in [3.05, 3.63) is 0 Å². The van der Waals surface area contributed by atoms with E-state index in [1.165, 1.54) is 0 Å². The van der Waals surface area contributed by atoms with Gasteiger partial charge < -0.3 is 16.4 Å². The highest BCUT2D eigenvalue weighted by molar-refractivity contribution is 7.79. The smallest absolute Gasteiger partial charge is 0.450 e. The van der Waals surface area contributed by atoms with Crippen LogP contribution < -0.4 is 6.15 Å². The SMILES string of the molecule is N.O=S(=O)(O)O.O=[13C](O)O. The Morgan fingerprint density at radius 3 is 1.10 bits per heavy atom. The molecule has 9 heteroatoms. The third kappa shape index (κ3) is 326. The van der Waals surface area contributed by atoms with Crippen molar-refractivity contribution < 1.29 is 32.5 Å². The second kappa shape index (κ2) is 6.22. The minimum atomic E-state index is -4.67. The molecule has 64 valence electrons. The monoisotopic (exact) mass is 178 g/mol. The van der Waals surface area contributed by atoms with E-state index >= 15 is 0 Å². The summed E-state index contributed by atoms with van der Waals surface area (Å²) >= 11 is 0. The molecule has 0 aliphatic carbocycles. The maximum absolute atomic E-state index is 8.74. The lowest BCUT2D eigenvalue weighted by molar-refractivity contribution is 0.137. The van der Waals surface area contributed by atoms with Gasteiger partial charge in [-0.2, -0.15) is 8.42 Å². The van der Waals surface area contributed by atoms with Crippen LogP contribution in [-0.4, -0.2) is 33.9 Å². The van der Waals surface area contributed by atoms with E-state index in [2.05, 4.69) is 0 Å². The van der Waals surface area contributed by atoms with Gasteiger partial charge in [-0.05, 0) is 0 Å². The van der Waals surface area contributed by atoms with Crippen LogP contribution in [0, 0.1) is 0 Å². The third-order valence-electron chi connectivity index (χ3n) is 0. The van der Waals surface area contributed by atoms with Gasteiger partial charge in [0.25, 0.3) is 0 Å². The fourth-order valence-electron chi connectivity index (χ4n) is 0. The molecule has 0 aromatic carbocycles. The summed E-state index contributed by atoms with van der Waals surface area (Å²) in [5.74, 6) is 0. The van der Waals surface area contributed by atoms with Crippen LogP contribution in [0.3, 0.4) is 0 Å². The molecule has 0 fully saturated rings. The van der Waals surface area contributed by atoms with Gasteiger partial charge in [-0.15, -0.1) is 0 Å². The zero-order valence-corrected chi connectivity index (χ0v) is 5.45. The van der Waals surface area contributed by atoms with E-state index in [-0.39, 0.29) is 6.15 Å². The van der Waals surface area contributed by atoms with E-state index in [0.29, 0.717) is 0 Å². The maximum atomic E-state index is 8.74. The standard InChI is InChI=1S/CH2O3.H3N.H2O4S/c2-1(3)4;;1-5(2,3)4/h(H2,2,3,4);1H3;(H2,1,2,3,4)/i1+1;;. The quantitative estimate of drug-likeness (QED) is 0.249. The molecule has 0 saturated heterocycles. The molecule has 0 unspecified atom stereocenters. The number of hydrogen-bond donors (Lipinski definition) is 5. The van der Waals surface area contributed by atoms with Crippen molar-refractivity contribution in [2.45, 2.75) is 0 Å². The van der Waals surface area contributed by atoms with Crippen molar-refractivity contribution in [1.82, 2.24) is 6.15 Å². The Kier molecular flexibility index (Phi) is 9.99. The van der Waals surface area contributed by atoms with Gasteiger partial charge in [0.15, 0.2) is 0 Å². The number of carboxylic acid groups (broad SMARTS) is 2. The van der Waals surface area contributed by atoms with Crippen LogP contribution in [0.15, 0.2) is 0 Å². The average Bonchev–Trinajstić information content (AvgIpc) is 1.19. The molecule has 0 amide bonds. The summed E-state index contributed by atoms with van der Waals surface area (Å²) in [7, 11) is -4.67. The van der Waals surface area contributed by atoms with E-state index in [1.807, 2.05) is 0 Å². The summed E-state index contributed by atoms with van der Waals surface area (Å²) in [6.45, 7) is 0. The molecule has 0 heterocycles. The molecule has 0 radical (unpaired) electrons. The van der Waals surface area contributed by atoms with Crippen LogP contribution in [-0.2, 0) is 10.4 Å². The third-order valence-corrected chi connectivity index (χ3v) is 0. The first-order chi connectivity index (χ1) is 3.73. The topological polar surface area (TPSA) is 167 Å². The van der Waals surface area contributed by atoms with Gasteiger partial charge in [-0.25, -0.2) is 4.79 Å². The first-order valence-corrected chi connectivity index (χ1v) is 2.75. The van der Waals surface area contributed by atoms with Gasteiger partial charge in [-0.3, -0.25) is 9.11 Å². The predicted octanol–water partition coefficient (Wildman–Crippen LogP) is -0.268. The van der Waals surface area contributed by atoms with Crippen LogP contribution in [0.4, 0.5) is 4.79 Å². The second-order valence-corrected chi connectivity index (χ2v) is 1.63. The zero-order valence-electron chi connectivity index (χ0n) is 4.63. The van der Waals surface area contributed by atoms with Crippen LogP contribution in [0.5, 0.6) is 0 Å². The predicted molar refractivity (Wildman–Crippen MR) is 29.9 cm³/mol. The summed E-state index contributed by atoms with van der Waals surface area (Å²) in [5, 5.41) is 13.9. The van der Waals surface area contributed by atoms with E-state index in [9.17, 15) is 0 Å². The van der Waals surface area contributed by atoms with Crippen molar-refractivity contribution in [1.29, 1.82) is 0 Å². The Morgan fingerprint density at radius 2 is 1.10 bits per heavy atom. The molecule has 10 heavy (non-hydrogen) atoms. The maximum Gasteiger partial charge on any atom is 0.503 e. The zero-order chi connectivity index (χ0) is 8.08. The average molecular weight is 178 g/mol. The second-order valence-electron chi connectivity index (χ2n) is 0.730. The molecule has 0 atom stereocenters. The lowest BCUT2D eigenvalue weighted by Gasteiger charge is -1.68. The molecule has 0 saturated carbocycles. The molecule has 0 aliphatic heterocycles. The van der Waals surface area contributed by atoms with Gasteiger partial charge in [0, 0.05) is 0 Å². The Bertz CT molecular complexity index is 156. The largest absolute Gasteiger partial charge is 0.503 e. The van der Waals surface area contributed by atoms with Gasteiger partial charge in [0.05, 0.1) is 0 Å². The first-order valence-electron chi connectivity index (χ1n) is 1.35. The van der Waals surface area contributed by atoms with E-state index in [0.717, 1.165) is 0 Å². The van der Waals surface area contributed by atoms with Gasteiger partial charge in [0.1, 0.15) is 0 Å². The van der Waals surface area contributed by atoms with Crippen LogP contribution >= 0.6 is 0 Å². The molecule has 0 aromatic rings. The van der Waals surface area contributed by atoms with Crippen LogP contribution in [0.25, 0.3) is 0 Å². The Balaban J connectivity index is -0.0000000910. The Labute approximate surface area is 56.3 Å². The van der Waals surface area contributed by atoms with Crippen LogP contribution in [0.1, 0.15) is 0 Å². The van der Waals surface area contributed by atoms with Crippen molar-refractivity contribution in [2.24, 2.45) is 0 Å². The summed E-state index contributed by atoms with van der Waals surface area (Å²) < 4.78 is 31.6. The van der Waals surface area contributed by atoms with Crippen molar-refractivity contribution in [2.75, 3.05) is 0 Å². The summed E-state index contributed by atoms with van der Waals surface area (Å²) in [5.41, 5.74) is 0. The molecule has 0 bridgehead atoms. The van der Waals surface area contributed by atoms with E-state index < -0.39 is 16.6 Å². The lowest BCUT2D eigenvalue weighted by Crippen LogP contribution is -1.89. The van der Waals surface area contributed by atoms with E-state index in [1.54, 1.807) is 0 Å². The minimum Gasteiger partial charge on any atom is -0.450 e. The number of hydrogen-bond acceptors (Lipinski definition) is 4. The number of rotatable bonds is 0. The number of carbonyl (C=O) groups is 1. The summed E-state index contributed by atoms with van der Waals surface area (Å²) in [6, 6.07) is 0. The molecule has 0 rings (SSSR count). The van der Waals surface area contributed by atoms with Crippen molar-refractivity contribution in [3.63, 3.8) is 0 Å². The minimum absolute atomic E-state index is 0. The van der Waals surface area contributed by atoms with Crippen molar-refractivity contribution in [3.8, 4) is 0 Å². The van der Waals surface area contributed by atoms with Crippen molar-refractivity contribution >= 4 is 16.6 Å². The highest BCUT2D eigenvalue weighted by Gasteiger charge is 1.84. The first kappa shape index (κ1) is 16.0. The van der Waals surface area contributed by atoms with Crippen LogP contribution in [0.2, 0.25) is 0 Å². The van der Waals surface area contributed by atoms with Gasteiger partial charge in [-0.1, -0.05) is 0 Å². The normalized spacial score (nSPS) is 8.20. The molecule has 0 aromatic heterocycles. The fraction of sp³-hybridized carbons (Fsp3) is 0. The fourth-order valence-corrected chi connectivity index (χ4v) is 0. The molecule has 0 spiro atoms. The van der Waals surface area contributed by atoms with Gasteiger partial charge >= 0.3 is 16.6 Å². The molecular formula is CH7NO7S. The Morgan fingerprint density at radius 1 is 1.10 bits per heavy atom. The summed E-state index contributed by atoms with van der Waals surface area (Å²) in [6.07, 6.45) is -1.83. The highest BCUT2D eigenvalue weighted by atomic mass is 32.3. The Hall–Kier alpha value is -0.900. The van der Waals surface area contributed by atoms with E-state index in [4.69, 9.17) is 32.5 Å². The highest BCUT2D eigenvalue weighted by Crippen LogP contribution is 1.59. The molecule has 7 N–H and O–H groups in total. The van der Waals surface area contributed by atoms with Gasteiger partial charge in [0.2, 0.25) is 0 Å². The lowest BCUT2D eigenvalue weighted by atomic mass is 12.3. The summed E-state index contributed by atoms with van der Waals surface area (Å²) in [4.78, 5) is 8.56. The molecule has 8 nitrogen and oxygen atoms in total.